The monoisotopic (exact) mass is 411 g/mol. The number of anilines is 1. The van der Waals surface area contributed by atoms with E-state index in [2.05, 4.69) is 5.32 Å². The van der Waals surface area contributed by atoms with Gasteiger partial charge in [0.1, 0.15) is 0 Å². The number of phenols is 1. The molecule has 0 fully saturated rings. The highest BCUT2D eigenvalue weighted by Gasteiger charge is 2.31. The van der Waals surface area contributed by atoms with Gasteiger partial charge in [-0.1, -0.05) is 12.1 Å². The largest absolute Gasteiger partial charge is 0.504 e. The molecule has 2 heterocycles. The molecule has 0 bridgehead atoms. The van der Waals surface area contributed by atoms with Crippen LogP contribution in [0, 0.1) is 0 Å². The van der Waals surface area contributed by atoms with Gasteiger partial charge in [0.15, 0.2) is 23.0 Å². The Morgan fingerprint density at radius 1 is 1.00 bits per heavy atom. The quantitative estimate of drug-likeness (QED) is 0.641. The Hall–Kier alpha value is -3.19. The zero-order valence-electron chi connectivity index (χ0n) is 16.3. The first-order valence-corrected chi connectivity index (χ1v) is 9.94. The summed E-state index contributed by atoms with van der Waals surface area (Å²) in [4.78, 5) is 13.5. The number of ether oxygens (including phenoxy) is 3. The summed E-state index contributed by atoms with van der Waals surface area (Å²) in [5, 5.41) is 15.2. The zero-order chi connectivity index (χ0) is 20.5. The minimum absolute atomic E-state index is 0.0575. The second-order valence-corrected chi connectivity index (χ2v) is 7.61. The summed E-state index contributed by atoms with van der Waals surface area (Å²) in [6.45, 7) is 0. The smallest absolute Gasteiger partial charge is 0.225 e. The van der Waals surface area contributed by atoms with Crippen LogP contribution in [0.5, 0.6) is 23.0 Å². The van der Waals surface area contributed by atoms with E-state index in [1.54, 1.807) is 37.7 Å². The normalized spacial score (nSPS) is 15.4. The molecule has 0 saturated heterocycles. The molecule has 0 saturated carbocycles. The Bertz CT molecular complexity index is 1080. The van der Waals surface area contributed by atoms with Crippen LogP contribution in [0.1, 0.15) is 22.8 Å². The van der Waals surface area contributed by atoms with Gasteiger partial charge in [0, 0.05) is 28.2 Å². The topological polar surface area (TPSA) is 77.0 Å². The average molecular weight is 411 g/mol. The van der Waals surface area contributed by atoms with Crippen molar-refractivity contribution in [1.82, 2.24) is 0 Å². The van der Waals surface area contributed by atoms with E-state index in [4.69, 9.17) is 14.2 Å². The summed E-state index contributed by atoms with van der Waals surface area (Å²) in [5.41, 5.74) is 3.54. The van der Waals surface area contributed by atoms with Gasteiger partial charge < -0.3 is 24.6 Å². The lowest BCUT2D eigenvalue weighted by Gasteiger charge is -2.24. The fraction of sp³-hybridized carbons (Fsp3) is 0.227. The second kappa shape index (κ2) is 7.67. The minimum atomic E-state index is -0.130. The Labute approximate surface area is 172 Å². The van der Waals surface area contributed by atoms with Crippen molar-refractivity contribution in [3.8, 4) is 34.1 Å². The first-order valence-electron chi connectivity index (χ1n) is 9.06. The fourth-order valence-corrected chi connectivity index (χ4v) is 4.80. The molecule has 2 N–H and O–H groups in total. The molecule has 7 heteroatoms. The molecule has 1 aliphatic heterocycles. The first-order chi connectivity index (χ1) is 14.0. The number of thiophene rings is 1. The van der Waals surface area contributed by atoms with Gasteiger partial charge in [-0.15, -0.1) is 11.3 Å². The highest BCUT2D eigenvalue weighted by Crippen LogP contribution is 2.48. The van der Waals surface area contributed by atoms with Crippen molar-refractivity contribution < 1.29 is 24.1 Å². The third-order valence-corrected chi connectivity index (χ3v) is 6.19. The van der Waals surface area contributed by atoms with Crippen LogP contribution in [0.2, 0.25) is 0 Å². The summed E-state index contributed by atoms with van der Waals surface area (Å²) in [7, 11) is 4.70. The molecule has 1 amide bonds. The van der Waals surface area contributed by atoms with Gasteiger partial charge in [-0.25, -0.2) is 0 Å². The Morgan fingerprint density at radius 2 is 1.72 bits per heavy atom. The summed E-state index contributed by atoms with van der Waals surface area (Å²) < 4.78 is 15.9. The first kappa shape index (κ1) is 19.1. The minimum Gasteiger partial charge on any atom is -0.504 e. The highest BCUT2D eigenvalue weighted by atomic mass is 32.1. The zero-order valence-corrected chi connectivity index (χ0v) is 17.1. The van der Waals surface area contributed by atoms with E-state index in [0.717, 1.165) is 27.3 Å². The number of hydrogen-bond donors (Lipinski definition) is 2. The Balaban J connectivity index is 1.78. The predicted octanol–water partition coefficient (Wildman–Crippen LogP) is 4.62. The molecule has 0 spiro atoms. The van der Waals surface area contributed by atoms with Gasteiger partial charge in [0.25, 0.3) is 0 Å². The highest BCUT2D eigenvalue weighted by molar-refractivity contribution is 7.11. The van der Waals surface area contributed by atoms with Gasteiger partial charge in [-0.3, -0.25) is 4.79 Å². The van der Waals surface area contributed by atoms with Crippen LogP contribution < -0.4 is 19.5 Å². The number of benzene rings is 2. The number of amides is 1. The van der Waals surface area contributed by atoms with Crippen LogP contribution in [0.3, 0.4) is 0 Å². The van der Waals surface area contributed by atoms with Gasteiger partial charge >= 0.3 is 0 Å². The maximum atomic E-state index is 12.5. The summed E-state index contributed by atoms with van der Waals surface area (Å²) in [6.07, 6.45) is 0.324. The van der Waals surface area contributed by atoms with E-state index < -0.39 is 0 Å². The Morgan fingerprint density at radius 3 is 2.41 bits per heavy atom. The van der Waals surface area contributed by atoms with E-state index in [0.29, 0.717) is 23.7 Å². The number of nitrogens with one attached hydrogen (secondary N) is 1. The van der Waals surface area contributed by atoms with Gasteiger partial charge in [-0.05, 0) is 35.4 Å². The number of fused-ring (bicyclic) bond motifs is 1. The van der Waals surface area contributed by atoms with E-state index in [1.807, 2.05) is 29.6 Å². The molecule has 150 valence electrons. The van der Waals surface area contributed by atoms with Crippen molar-refractivity contribution in [3.63, 3.8) is 0 Å². The summed E-state index contributed by atoms with van der Waals surface area (Å²) in [6, 6.07) is 11.0. The lowest BCUT2D eigenvalue weighted by Crippen LogP contribution is -2.22. The van der Waals surface area contributed by atoms with Gasteiger partial charge in [0.05, 0.1) is 27.0 Å². The van der Waals surface area contributed by atoms with E-state index in [1.165, 1.54) is 7.11 Å². The van der Waals surface area contributed by atoms with Crippen molar-refractivity contribution in [2.75, 3.05) is 26.6 Å². The van der Waals surface area contributed by atoms with Crippen LogP contribution >= 0.6 is 11.3 Å². The molecule has 6 nitrogen and oxygen atoms in total. The van der Waals surface area contributed by atoms with Gasteiger partial charge in [-0.2, -0.15) is 0 Å². The fourth-order valence-electron chi connectivity index (χ4n) is 3.64. The summed E-state index contributed by atoms with van der Waals surface area (Å²) in [5.74, 6) is 1.56. The lowest BCUT2D eigenvalue weighted by molar-refractivity contribution is -0.116. The van der Waals surface area contributed by atoms with Crippen LogP contribution in [0.25, 0.3) is 11.1 Å². The van der Waals surface area contributed by atoms with E-state index in [9.17, 15) is 9.90 Å². The van der Waals surface area contributed by atoms with Crippen LogP contribution in [0.15, 0.2) is 41.8 Å². The molecular formula is C22H21NO5S. The molecule has 2 aromatic carbocycles. The number of carbonyl (C=O) groups is 1. The van der Waals surface area contributed by atoms with Gasteiger partial charge in [0.2, 0.25) is 5.91 Å². The molecule has 4 rings (SSSR count). The van der Waals surface area contributed by atoms with E-state index >= 15 is 0 Å². The SMILES string of the molecule is COc1ccc([C@@H]2CC(=O)Nc3c(-c4ccc(OC)c(OC)c4)csc32)cc1O. The molecule has 1 atom stereocenters. The third kappa shape index (κ3) is 3.38. The van der Waals surface area contributed by atoms with Crippen molar-refractivity contribution in [2.45, 2.75) is 12.3 Å². The maximum absolute atomic E-state index is 12.5. The molecule has 3 aromatic rings. The van der Waals surface area contributed by atoms with Crippen molar-refractivity contribution >= 4 is 22.9 Å². The van der Waals surface area contributed by atoms with E-state index in [-0.39, 0.29) is 17.6 Å². The van der Waals surface area contributed by atoms with Crippen LogP contribution in [0.4, 0.5) is 5.69 Å². The van der Waals surface area contributed by atoms with Crippen molar-refractivity contribution in [3.05, 3.63) is 52.2 Å². The molecule has 0 radical (unpaired) electrons. The Kier molecular flexibility index (Phi) is 5.07. The number of aromatic hydroxyl groups is 1. The number of methoxy groups -OCH3 is 3. The van der Waals surface area contributed by atoms with Crippen molar-refractivity contribution in [1.29, 1.82) is 0 Å². The van der Waals surface area contributed by atoms with Crippen LogP contribution in [-0.2, 0) is 4.79 Å². The van der Waals surface area contributed by atoms with Crippen LogP contribution in [-0.4, -0.2) is 32.3 Å². The third-order valence-electron chi connectivity index (χ3n) is 5.09. The number of rotatable bonds is 5. The lowest BCUT2D eigenvalue weighted by atomic mass is 9.89. The summed E-state index contributed by atoms with van der Waals surface area (Å²) >= 11 is 1.59. The molecular weight excluding hydrogens is 390 g/mol. The maximum Gasteiger partial charge on any atom is 0.225 e. The molecule has 29 heavy (non-hydrogen) atoms. The predicted molar refractivity (Wildman–Crippen MR) is 113 cm³/mol. The molecule has 1 aliphatic rings. The average Bonchev–Trinajstić information content (AvgIpc) is 3.16. The van der Waals surface area contributed by atoms with Crippen molar-refractivity contribution in [2.24, 2.45) is 0 Å². The number of hydrogen-bond acceptors (Lipinski definition) is 6. The number of phenolic OH excluding ortho intramolecular Hbond substituents is 1. The number of carbonyl (C=O) groups excluding carboxylic acids is 1. The molecule has 0 unspecified atom stereocenters. The molecule has 1 aromatic heterocycles. The second-order valence-electron chi connectivity index (χ2n) is 6.69. The standard InChI is InChI=1S/C22H21NO5S/c1-26-17-6-4-12(8-16(17)24)14-10-20(25)23-21-15(11-29-22(14)21)13-5-7-18(27-2)19(9-13)28-3/h4-9,11,14,24H,10H2,1-3H3,(H,23,25)/t14-/m0/s1. The molecule has 0 aliphatic carbocycles.